The van der Waals surface area contributed by atoms with E-state index < -0.39 is 58.7 Å². The molecule has 1 unspecified atom stereocenters. The molecule has 2 N–H and O–H groups in total. The molecule has 0 aromatic carbocycles. The highest BCUT2D eigenvalue weighted by Gasteiger charge is 2.48. The smallest absolute Gasteiger partial charge is 0.358 e. The van der Waals surface area contributed by atoms with Gasteiger partial charge in [0.15, 0.2) is 5.25 Å². The van der Waals surface area contributed by atoms with Gasteiger partial charge in [0.1, 0.15) is 13.2 Å². The minimum absolute atomic E-state index is 0.0328. The molecule has 1 aliphatic heterocycles. The second kappa shape index (κ2) is 9.44. The summed E-state index contributed by atoms with van der Waals surface area (Å²) in [4.78, 5) is 50.4. The summed E-state index contributed by atoms with van der Waals surface area (Å²) in [5, 5.41) is 0.541. The van der Waals surface area contributed by atoms with Crippen molar-refractivity contribution < 1.29 is 41.7 Å². The SMILES string of the molecule is CCCCCNC(=O)COCC(=O)ON1C(=O)CC(S(=O)(=O)O)C1=O. The maximum atomic E-state index is 11.6. The van der Waals surface area contributed by atoms with Crippen LogP contribution in [0.25, 0.3) is 0 Å². The number of hydrogen-bond acceptors (Lipinski definition) is 8. The normalized spacial score (nSPS) is 17.7. The highest BCUT2D eigenvalue weighted by atomic mass is 32.2. The maximum absolute atomic E-state index is 11.6. The van der Waals surface area contributed by atoms with Crippen LogP contribution in [0.1, 0.15) is 32.6 Å². The van der Waals surface area contributed by atoms with Crippen LogP contribution in [0.5, 0.6) is 0 Å². The topological polar surface area (TPSA) is 156 Å². The lowest BCUT2D eigenvalue weighted by Crippen LogP contribution is -2.38. The summed E-state index contributed by atoms with van der Waals surface area (Å²) in [6.07, 6.45) is 1.96. The fraction of sp³-hybridized carbons (Fsp3) is 0.692. The first-order chi connectivity index (χ1) is 11.7. The Balaban J connectivity index is 2.34. The molecule has 1 saturated heterocycles. The van der Waals surface area contributed by atoms with Crippen LogP contribution in [0.2, 0.25) is 0 Å². The molecule has 142 valence electrons. The summed E-state index contributed by atoms with van der Waals surface area (Å²) in [6, 6.07) is 0. The van der Waals surface area contributed by atoms with Gasteiger partial charge < -0.3 is 14.9 Å². The van der Waals surface area contributed by atoms with E-state index in [9.17, 15) is 27.6 Å². The Labute approximate surface area is 144 Å². The molecule has 0 spiro atoms. The van der Waals surface area contributed by atoms with Crippen LogP contribution in [0.4, 0.5) is 0 Å². The Hall–Kier alpha value is -2.05. The predicted molar refractivity (Wildman–Crippen MR) is 81.3 cm³/mol. The van der Waals surface area contributed by atoms with Crippen LogP contribution < -0.4 is 5.32 Å². The number of carbonyl (C=O) groups excluding carboxylic acids is 4. The number of ether oxygens (including phenoxy) is 1. The van der Waals surface area contributed by atoms with E-state index in [1.165, 1.54) is 0 Å². The number of imide groups is 1. The zero-order valence-electron chi connectivity index (χ0n) is 13.6. The Kier molecular flexibility index (Phi) is 7.93. The van der Waals surface area contributed by atoms with Crippen molar-refractivity contribution >= 4 is 33.8 Å². The third-order valence-corrected chi connectivity index (χ3v) is 4.26. The molecule has 3 amide bonds. The average Bonchev–Trinajstić information content (AvgIpc) is 2.80. The molecule has 0 aromatic heterocycles. The Morgan fingerprint density at radius 3 is 2.52 bits per heavy atom. The third-order valence-electron chi connectivity index (χ3n) is 3.17. The molecule has 11 nitrogen and oxygen atoms in total. The van der Waals surface area contributed by atoms with Crippen molar-refractivity contribution in [1.29, 1.82) is 0 Å². The molecule has 1 rings (SSSR count). The molecule has 1 fully saturated rings. The zero-order chi connectivity index (χ0) is 19.0. The number of hydrogen-bond donors (Lipinski definition) is 2. The average molecular weight is 380 g/mol. The molecule has 0 aromatic rings. The largest absolute Gasteiger partial charge is 0.360 e. The van der Waals surface area contributed by atoms with Gasteiger partial charge in [0.25, 0.3) is 21.9 Å². The van der Waals surface area contributed by atoms with Crippen molar-refractivity contribution in [2.75, 3.05) is 19.8 Å². The number of rotatable bonds is 10. The van der Waals surface area contributed by atoms with Gasteiger partial charge in [-0.15, -0.1) is 5.06 Å². The lowest BCUT2D eigenvalue weighted by molar-refractivity contribution is -0.200. The maximum Gasteiger partial charge on any atom is 0.358 e. The van der Waals surface area contributed by atoms with Crippen molar-refractivity contribution in [1.82, 2.24) is 10.4 Å². The van der Waals surface area contributed by atoms with Gasteiger partial charge in [-0.3, -0.25) is 18.9 Å². The van der Waals surface area contributed by atoms with Crippen LogP contribution in [0.15, 0.2) is 0 Å². The van der Waals surface area contributed by atoms with E-state index in [0.29, 0.717) is 6.54 Å². The van der Waals surface area contributed by atoms with Gasteiger partial charge in [-0.2, -0.15) is 8.42 Å². The minimum Gasteiger partial charge on any atom is -0.360 e. The molecule has 0 bridgehead atoms. The number of unbranched alkanes of at least 4 members (excludes halogenated alkanes) is 2. The van der Waals surface area contributed by atoms with Crippen molar-refractivity contribution in [3.8, 4) is 0 Å². The monoisotopic (exact) mass is 380 g/mol. The molecule has 1 aliphatic rings. The summed E-state index contributed by atoms with van der Waals surface area (Å²) in [6.45, 7) is 1.35. The van der Waals surface area contributed by atoms with E-state index in [-0.39, 0.29) is 5.06 Å². The van der Waals surface area contributed by atoms with E-state index >= 15 is 0 Å². The summed E-state index contributed by atoms with van der Waals surface area (Å²) < 4.78 is 35.5. The van der Waals surface area contributed by atoms with Crippen LogP contribution in [0.3, 0.4) is 0 Å². The van der Waals surface area contributed by atoms with Gasteiger partial charge in [0, 0.05) is 6.54 Å². The summed E-state index contributed by atoms with van der Waals surface area (Å²) >= 11 is 0. The minimum atomic E-state index is -4.78. The van der Waals surface area contributed by atoms with Crippen molar-refractivity contribution in [3.05, 3.63) is 0 Å². The van der Waals surface area contributed by atoms with Gasteiger partial charge in [0.05, 0.1) is 6.42 Å². The van der Waals surface area contributed by atoms with Crippen LogP contribution >= 0.6 is 0 Å². The third kappa shape index (κ3) is 6.76. The summed E-state index contributed by atoms with van der Waals surface area (Å²) in [5.41, 5.74) is 0. The molecule has 25 heavy (non-hydrogen) atoms. The number of nitrogens with zero attached hydrogens (tertiary/aromatic N) is 1. The quantitative estimate of drug-likeness (QED) is 0.269. The second-order valence-electron chi connectivity index (χ2n) is 5.25. The molecule has 12 heteroatoms. The van der Waals surface area contributed by atoms with Crippen LogP contribution in [-0.2, 0) is 38.9 Å². The van der Waals surface area contributed by atoms with Gasteiger partial charge >= 0.3 is 5.97 Å². The predicted octanol–water partition coefficient (Wildman–Crippen LogP) is -1.22. The van der Waals surface area contributed by atoms with Crippen LogP contribution in [0, 0.1) is 0 Å². The molecule has 1 heterocycles. The van der Waals surface area contributed by atoms with E-state index in [4.69, 9.17) is 9.29 Å². The van der Waals surface area contributed by atoms with Crippen molar-refractivity contribution in [3.63, 3.8) is 0 Å². The number of nitrogens with one attached hydrogen (secondary N) is 1. The first kappa shape index (κ1) is 21.0. The molecule has 0 saturated carbocycles. The summed E-state index contributed by atoms with van der Waals surface area (Å²) in [5.74, 6) is -4.07. The first-order valence-electron chi connectivity index (χ1n) is 7.55. The fourth-order valence-corrected chi connectivity index (χ4v) is 2.62. The van der Waals surface area contributed by atoms with E-state index in [1.54, 1.807) is 0 Å². The van der Waals surface area contributed by atoms with Crippen molar-refractivity contribution in [2.45, 2.75) is 37.9 Å². The molecular weight excluding hydrogens is 360 g/mol. The zero-order valence-corrected chi connectivity index (χ0v) is 14.4. The Morgan fingerprint density at radius 1 is 1.28 bits per heavy atom. The first-order valence-corrected chi connectivity index (χ1v) is 9.05. The number of carbonyl (C=O) groups is 4. The Bertz CT molecular complexity index is 631. The van der Waals surface area contributed by atoms with Crippen molar-refractivity contribution in [2.24, 2.45) is 0 Å². The van der Waals surface area contributed by atoms with E-state index in [0.717, 1.165) is 19.3 Å². The number of amides is 3. The van der Waals surface area contributed by atoms with Gasteiger partial charge in [-0.1, -0.05) is 19.8 Å². The lowest BCUT2D eigenvalue weighted by Gasteiger charge is -2.13. The van der Waals surface area contributed by atoms with Gasteiger partial charge in [-0.25, -0.2) is 4.79 Å². The highest BCUT2D eigenvalue weighted by molar-refractivity contribution is 7.87. The van der Waals surface area contributed by atoms with Gasteiger partial charge in [0.2, 0.25) is 5.91 Å². The van der Waals surface area contributed by atoms with Crippen LogP contribution in [-0.4, -0.2) is 66.7 Å². The lowest BCUT2D eigenvalue weighted by atomic mass is 10.2. The Morgan fingerprint density at radius 2 is 1.96 bits per heavy atom. The standard InChI is InChI=1S/C13H20N2O9S/c1-2-3-4-5-14-10(16)7-23-8-12(18)24-15-11(17)6-9(13(15)19)25(20,21)22/h9H,2-8H2,1H3,(H,14,16)(H,20,21,22). The molecular formula is C13H20N2O9S. The summed E-state index contributed by atoms with van der Waals surface area (Å²) in [7, 11) is -4.78. The molecule has 1 atom stereocenters. The van der Waals surface area contributed by atoms with Gasteiger partial charge in [-0.05, 0) is 6.42 Å². The second-order valence-corrected chi connectivity index (χ2v) is 6.85. The van der Waals surface area contributed by atoms with E-state index in [2.05, 4.69) is 10.2 Å². The molecule has 0 radical (unpaired) electrons. The van der Waals surface area contributed by atoms with E-state index in [1.807, 2.05) is 6.92 Å². The highest BCUT2D eigenvalue weighted by Crippen LogP contribution is 2.19. The fourth-order valence-electron chi connectivity index (χ4n) is 1.92. The number of hydroxylamine groups is 2. The molecule has 0 aliphatic carbocycles.